The third-order valence-electron chi connectivity index (χ3n) is 4.20. The number of hydrogen-bond donors (Lipinski definition) is 2. The number of carbonyl (C=O) groups is 1. The molecule has 0 spiro atoms. The highest BCUT2D eigenvalue weighted by molar-refractivity contribution is 5.91. The molecule has 0 unspecified atom stereocenters. The molecule has 1 saturated carbocycles. The summed E-state index contributed by atoms with van der Waals surface area (Å²) < 4.78 is 0. The quantitative estimate of drug-likeness (QED) is 0.681. The molecule has 6 nitrogen and oxygen atoms in total. The van der Waals surface area contributed by atoms with Crippen molar-refractivity contribution in [3.63, 3.8) is 0 Å². The van der Waals surface area contributed by atoms with Gasteiger partial charge in [0.2, 0.25) is 5.91 Å². The van der Waals surface area contributed by atoms with Gasteiger partial charge in [-0.25, -0.2) is 0 Å². The number of carbonyl (C=O) groups excluding carboxylic acids is 1. The zero-order chi connectivity index (χ0) is 13.6. The third-order valence-corrected chi connectivity index (χ3v) is 4.20. The molecule has 0 aromatic rings. The number of hydrogen-bond acceptors (Lipinski definition) is 5. The number of aliphatic hydroxyl groups is 1. The molecule has 1 heterocycles. The molecule has 1 amide bonds. The number of fused-ring (bicyclic) bond motifs is 2. The van der Waals surface area contributed by atoms with E-state index < -0.39 is 28.4 Å². The van der Waals surface area contributed by atoms with Gasteiger partial charge in [-0.3, -0.25) is 4.79 Å². The van der Waals surface area contributed by atoms with Crippen molar-refractivity contribution < 1.29 is 9.90 Å². The Kier molecular flexibility index (Phi) is 2.37. The minimum atomic E-state index is -1.77. The number of nitrogens with zero attached hydrogens (tertiary/aromatic N) is 3. The van der Waals surface area contributed by atoms with Crippen molar-refractivity contribution in [2.75, 3.05) is 0 Å². The van der Waals surface area contributed by atoms with Crippen molar-refractivity contribution in [1.82, 2.24) is 5.32 Å². The second-order valence-corrected chi connectivity index (χ2v) is 5.02. The average molecular weight is 244 g/mol. The minimum Gasteiger partial charge on any atom is -0.371 e. The number of nitriles is 3. The summed E-state index contributed by atoms with van der Waals surface area (Å²) in [5, 5.41) is 40.7. The number of amides is 1. The van der Waals surface area contributed by atoms with Gasteiger partial charge in [-0.15, -0.1) is 0 Å². The molecule has 2 bridgehead atoms. The molecule has 2 rings (SSSR count). The fraction of sp³-hybridized carbons (Fsp3) is 0.667. The van der Waals surface area contributed by atoms with E-state index in [0.29, 0.717) is 6.42 Å². The molecule has 2 fully saturated rings. The van der Waals surface area contributed by atoms with Crippen LogP contribution in [0.15, 0.2) is 0 Å². The highest BCUT2D eigenvalue weighted by atomic mass is 16.3. The highest BCUT2D eigenvalue weighted by Crippen LogP contribution is 2.59. The van der Waals surface area contributed by atoms with Gasteiger partial charge >= 0.3 is 0 Å². The topological polar surface area (TPSA) is 121 Å². The van der Waals surface area contributed by atoms with Crippen LogP contribution >= 0.6 is 0 Å². The molecule has 0 radical (unpaired) electrons. The van der Waals surface area contributed by atoms with Gasteiger partial charge < -0.3 is 10.4 Å². The van der Waals surface area contributed by atoms with E-state index in [9.17, 15) is 25.7 Å². The molecule has 2 aliphatic rings. The fourth-order valence-corrected chi connectivity index (χ4v) is 3.26. The smallest absolute Gasteiger partial charge is 0.245 e. The van der Waals surface area contributed by atoms with E-state index in [1.807, 2.05) is 18.2 Å². The minimum absolute atomic E-state index is 0.125. The summed E-state index contributed by atoms with van der Waals surface area (Å²) in [5.74, 6) is -1.23. The molecular formula is C12H12N4O2. The summed E-state index contributed by atoms with van der Waals surface area (Å²) in [6.07, 6.45) is 0.370. The predicted octanol–water partition coefficient (Wildman–Crippen LogP) is 0.168. The molecule has 6 heteroatoms. The van der Waals surface area contributed by atoms with Crippen LogP contribution in [0.2, 0.25) is 0 Å². The molecule has 2 N–H and O–H groups in total. The van der Waals surface area contributed by atoms with Crippen molar-refractivity contribution >= 4 is 5.91 Å². The molecule has 1 saturated heterocycles. The first-order valence-electron chi connectivity index (χ1n) is 5.72. The van der Waals surface area contributed by atoms with Gasteiger partial charge in [0.15, 0.2) is 10.8 Å². The van der Waals surface area contributed by atoms with E-state index in [1.54, 1.807) is 6.92 Å². The van der Waals surface area contributed by atoms with Gasteiger partial charge in [0, 0.05) is 12.8 Å². The Balaban J connectivity index is 2.71. The Bertz CT molecular complexity index is 524. The van der Waals surface area contributed by atoms with E-state index in [0.717, 1.165) is 0 Å². The van der Waals surface area contributed by atoms with Crippen LogP contribution < -0.4 is 5.32 Å². The van der Waals surface area contributed by atoms with Crippen LogP contribution in [-0.2, 0) is 4.79 Å². The van der Waals surface area contributed by atoms with Crippen LogP contribution in [0.5, 0.6) is 0 Å². The second kappa shape index (κ2) is 3.45. The van der Waals surface area contributed by atoms with Crippen molar-refractivity contribution in [3.8, 4) is 18.2 Å². The van der Waals surface area contributed by atoms with Gasteiger partial charge in [0.05, 0.1) is 18.2 Å². The van der Waals surface area contributed by atoms with Crippen LogP contribution in [0, 0.1) is 50.7 Å². The maximum atomic E-state index is 12.0. The Morgan fingerprint density at radius 2 is 2.00 bits per heavy atom. The first kappa shape index (κ1) is 12.4. The monoisotopic (exact) mass is 244 g/mol. The highest BCUT2D eigenvalue weighted by Gasteiger charge is 2.73. The molecule has 18 heavy (non-hydrogen) atoms. The van der Waals surface area contributed by atoms with Gasteiger partial charge in [-0.1, -0.05) is 13.3 Å². The van der Waals surface area contributed by atoms with Crippen LogP contribution in [0.1, 0.15) is 26.2 Å². The maximum absolute atomic E-state index is 12.0. The summed E-state index contributed by atoms with van der Waals surface area (Å²) in [5.41, 5.74) is -4.93. The van der Waals surface area contributed by atoms with Gasteiger partial charge in [0.25, 0.3) is 0 Å². The standard InChI is InChI=1S/C12H12N4O2/c1-2-8-3-12(18)4-10(5-13,9(17)16-12)11(8,6-14)7-15/h8,18H,2-4H2,1H3,(H,16,17)/t8-,10-,12+/m0/s1. The fourth-order valence-electron chi connectivity index (χ4n) is 3.26. The zero-order valence-corrected chi connectivity index (χ0v) is 9.90. The summed E-state index contributed by atoms with van der Waals surface area (Å²) >= 11 is 0. The van der Waals surface area contributed by atoms with E-state index in [2.05, 4.69) is 5.32 Å². The summed E-state index contributed by atoms with van der Waals surface area (Å²) in [6, 6.07) is 5.58. The number of rotatable bonds is 1. The first-order chi connectivity index (χ1) is 8.43. The number of nitrogens with one attached hydrogen (secondary N) is 1. The van der Waals surface area contributed by atoms with E-state index in [4.69, 9.17) is 0 Å². The summed E-state index contributed by atoms with van der Waals surface area (Å²) in [6.45, 7) is 1.78. The van der Waals surface area contributed by atoms with Crippen LogP contribution in [-0.4, -0.2) is 16.7 Å². The van der Waals surface area contributed by atoms with Crippen molar-refractivity contribution in [3.05, 3.63) is 0 Å². The van der Waals surface area contributed by atoms with Gasteiger partial charge in [-0.05, 0) is 5.92 Å². The molecule has 3 atom stereocenters. The Morgan fingerprint density at radius 1 is 1.39 bits per heavy atom. The Morgan fingerprint density at radius 3 is 2.44 bits per heavy atom. The molecule has 1 aliphatic carbocycles. The second-order valence-electron chi connectivity index (χ2n) is 5.02. The third kappa shape index (κ3) is 1.10. The van der Waals surface area contributed by atoms with Crippen LogP contribution in [0.25, 0.3) is 0 Å². The van der Waals surface area contributed by atoms with Crippen molar-refractivity contribution in [2.45, 2.75) is 31.9 Å². The molecule has 0 aromatic carbocycles. The van der Waals surface area contributed by atoms with E-state index >= 15 is 0 Å². The predicted molar refractivity (Wildman–Crippen MR) is 57.8 cm³/mol. The van der Waals surface area contributed by atoms with Gasteiger partial charge in [0.1, 0.15) is 5.72 Å². The molecule has 1 aliphatic heterocycles. The summed E-state index contributed by atoms with van der Waals surface area (Å²) in [7, 11) is 0. The van der Waals surface area contributed by atoms with Crippen molar-refractivity contribution in [2.24, 2.45) is 16.7 Å². The van der Waals surface area contributed by atoms with E-state index in [-0.39, 0.29) is 12.8 Å². The molecule has 92 valence electrons. The lowest BCUT2D eigenvalue weighted by atomic mass is 9.52. The van der Waals surface area contributed by atoms with Gasteiger partial charge in [-0.2, -0.15) is 15.8 Å². The largest absolute Gasteiger partial charge is 0.371 e. The lowest BCUT2D eigenvalue weighted by molar-refractivity contribution is -0.128. The van der Waals surface area contributed by atoms with Crippen LogP contribution in [0.4, 0.5) is 0 Å². The summed E-state index contributed by atoms with van der Waals surface area (Å²) in [4.78, 5) is 12.0. The molecular weight excluding hydrogens is 232 g/mol. The average Bonchev–Trinajstić information content (AvgIpc) is 2.59. The first-order valence-corrected chi connectivity index (χ1v) is 5.72. The Hall–Kier alpha value is -2.10. The SMILES string of the molecule is CC[C@H]1C[C@@]2(O)C[C@](C#N)(C(=O)N2)C1(C#N)C#N. The molecule has 0 aromatic heterocycles. The van der Waals surface area contributed by atoms with E-state index in [1.165, 1.54) is 0 Å². The lowest BCUT2D eigenvalue weighted by Gasteiger charge is -2.43. The van der Waals surface area contributed by atoms with Crippen molar-refractivity contribution in [1.29, 1.82) is 15.8 Å². The lowest BCUT2D eigenvalue weighted by Crippen LogP contribution is -2.53. The zero-order valence-electron chi connectivity index (χ0n) is 9.90. The van der Waals surface area contributed by atoms with Crippen LogP contribution in [0.3, 0.4) is 0 Å². The Labute approximate surface area is 104 Å². The maximum Gasteiger partial charge on any atom is 0.245 e. The normalized spacial score (nSPS) is 40.2.